The summed E-state index contributed by atoms with van der Waals surface area (Å²) in [6.07, 6.45) is 0. The zero-order chi connectivity index (χ0) is 25.0. The Morgan fingerprint density at radius 3 is 2.42 bits per heavy atom. The van der Waals surface area contributed by atoms with Gasteiger partial charge in [0.2, 0.25) is 11.0 Å². The minimum absolute atomic E-state index is 0.00425. The van der Waals surface area contributed by atoms with Crippen LogP contribution in [0.4, 0.5) is 0 Å². The van der Waals surface area contributed by atoms with Crippen LogP contribution in [0.1, 0.15) is 5.76 Å². The maximum Gasteiger partial charge on any atom is 0.222 e. The highest BCUT2D eigenvalue weighted by Crippen LogP contribution is 2.33. The molecule has 5 nitrogen and oxygen atoms in total. The molecule has 1 N–H and O–H groups in total. The number of fused-ring (bicyclic) bond motifs is 3. The number of aryl methyl sites for hydroxylation is 1. The lowest BCUT2D eigenvalue weighted by Gasteiger charge is -2.09. The van der Waals surface area contributed by atoms with Crippen molar-refractivity contribution in [1.82, 2.24) is 4.98 Å². The highest BCUT2D eigenvalue weighted by atomic mass is 79.9. The third-order valence-corrected chi connectivity index (χ3v) is 7.64. The van der Waals surface area contributed by atoms with E-state index in [4.69, 9.17) is 30.8 Å². The molecule has 176 valence electrons. The van der Waals surface area contributed by atoms with E-state index < -0.39 is 0 Å². The molecule has 3 aromatic heterocycles. The van der Waals surface area contributed by atoms with E-state index in [0.717, 1.165) is 21.3 Å². The highest BCUT2D eigenvalue weighted by molar-refractivity contribution is 9.10. The first-order chi connectivity index (χ1) is 17.4. The highest BCUT2D eigenvalue weighted by Gasteiger charge is 2.18. The summed E-state index contributed by atoms with van der Waals surface area (Å²) in [6.45, 7) is 1.77. The predicted molar refractivity (Wildman–Crippen MR) is 148 cm³/mol. The van der Waals surface area contributed by atoms with Crippen molar-refractivity contribution < 1.29 is 8.83 Å². The summed E-state index contributed by atoms with van der Waals surface area (Å²) in [4.78, 5) is 18.3. The van der Waals surface area contributed by atoms with Crippen molar-refractivity contribution in [2.24, 2.45) is 0 Å². The van der Waals surface area contributed by atoms with Gasteiger partial charge in [-0.15, -0.1) is 11.3 Å². The molecule has 6 aromatic rings. The van der Waals surface area contributed by atoms with Gasteiger partial charge in [0.15, 0.2) is 0 Å². The van der Waals surface area contributed by atoms with E-state index in [-0.39, 0.29) is 11.0 Å². The molecule has 6 rings (SSSR count). The monoisotopic (exact) mass is 574 g/mol. The van der Waals surface area contributed by atoms with E-state index in [9.17, 15) is 4.79 Å². The molecule has 0 aliphatic rings. The molecule has 0 bridgehead atoms. The van der Waals surface area contributed by atoms with Crippen LogP contribution < -0.4 is 11.0 Å². The smallest absolute Gasteiger partial charge is 0.222 e. The van der Waals surface area contributed by atoms with Crippen LogP contribution in [0, 0.1) is 12.3 Å². The standard InChI is InChI=1S/C28H16BrClN2O3S/c1-14-24(16-4-8-18(30)9-5-16)25(33)19-10-11-23-20(26(19)34-14)12-21(27(31)35-23)28-32-22(13-36-28)15-2-6-17(29)7-3-15/h2-13,31H,1H3. The zero-order valence-corrected chi connectivity index (χ0v) is 21.9. The summed E-state index contributed by atoms with van der Waals surface area (Å²) in [5.74, 6) is 0.491. The topological polar surface area (TPSA) is 80.1 Å². The van der Waals surface area contributed by atoms with Crippen molar-refractivity contribution >= 4 is 60.8 Å². The second-order valence-corrected chi connectivity index (χ2v) is 10.5. The Morgan fingerprint density at radius 1 is 0.944 bits per heavy atom. The van der Waals surface area contributed by atoms with E-state index in [1.54, 1.807) is 43.3 Å². The second kappa shape index (κ2) is 8.85. The van der Waals surface area contributed by atoms with Gasteiger partial charge < -0.3 is 8.83 Å². The lowest BCUT2D eigenvalue weighted by atomic mass is 10.0. The van der Waals surface area contributed by atoms with Gasteiger partial charge in [-0.2, -0.15) is 0 Å². The summed E-state index contributed by atoms with van der Waals surface area (Å²) >= 11 is 10.9. The van der Waals surface area contributed by atoms with Crippen LogP contribution in [-0.2, 0) is 0 Å². The summed E-state index contributed by atoms with van der Waals surface area (Å²) in [5, 5.41) is 12.7. The van der Waals surface area contributed by atoms with Crippen LogP contribution in [-0.4, -0.2) is 4.98 Å². The van der Waals surface area contributed by atoms with Crippen molar-refractivity contribution in [3.8, 4) is 33.0 Å². The van der Waals surface area contributed by atoms with Gasteiger partial charge in [0.1, 0.15) is 21.9 Å². The number of hydrogen-bond acceptors (Lipinski definition) is 6. The fourth-order valence-electron chi connectivity index (χ4n) is 4.23. The summed E-state index contributed by atoms with van der Waals surface area (Å²) in [6, 6.07) is 20.2. The number of benzene rings is 3. The fourth-order valence-corrected chi connectivity index (χ4v) is 5.46. The van der Waals surface area contributed by atoms with Gasteiger partial charge in [-0.25, -0.2) is 4.98 Å². The molecule has 0 unspecified atom stereocenters. The van der Waals surface area contributed by atoms with E-state index in [0.29, 0.717) is 48.9 Å². The van der Waals surface area contributed by atoms with Gasteiger partial charge in [-0.1, -0.05) is 51.8 Å². The van der Waals surface area contributed by atoms with E-state index >= 15 is 0 Å². The van der Waals surface area contributed by atoms with Crippen LogP contribution in [0.3, 0.4) is 0 Å². The Bertz CT molecular complexity index is 1910. The number of nitrogens with one attached hydrogen (secondary N) is 1. The SMILES string of the molecule is Cc1oc2c(ccc3oc(=N)c(-c4nc(-c5ccc(Br)cc5)cs4)cc32)c(=O)c1-c1ccc(Cl)cc1. The van der Waals surface area contributed by atoms with E-state index in [1.165, 1.54) is 11.3 Å². The van der Waals surface area contributed by atoms with Crippen molar-refractivity contribution in [3.63, 3.8) is 0 Å². The Hall–Kier alpha value is -3.52. The summed E-state index contributed by atoms with van der Waals surface area (Å²) in [5.41, 5.74) is 4.29. The molecule has 0 spiro atoms. The molecule has 0 aliphatic heterocycles. The molecule has 0 aliphatic carbocycles. The lowest BCUT2D eigenvalue weighted by Crippen LogP contribution is -2.08. The third-order valence-electron chi connectivity index (χ3n) is 5.99. The number of aromatic nitrogens is 1. The van der Waals surface area contributed by atoms with Gasteiger partial charge >= 0.3 is 0 Å². The molecule has 0 amide bonds. The molecular weight excluding hydrogens is 560 g/mol. The molecule has 0 saturated heterocycles. The maximum absolute atomic E-state index is 13.5. The van der Waals surface area contributed by atoms with E-state index in [2.05, 4.69) is 15.9 Å². The predicted octanol–water partition coefficient (Wildman–Crippen LogP) is 8.20. The first kappa shape index (κ1) is 22.9. The van der Waals surface area contributed by atoms with Crippen molar-refractivity contribution in [2.75, 3.05) is 0 Å². The van der Waals surface area contributed by atoms with Crippen LogP contribution >= 0.6 is 38.9 Å². The Labute approximate surface area is 222 Å². The average molecular weight is 576 g/mol. The molecular formula is C28H16BrClN2O3S. The second-order valence-electron chi connectivity index (χ2n) is 8.26. The number of thiazole rings is 1. The molecule has 3 aromatic carbocycles. The molecule has 3 heterocycles. The Morgan fingerprint density at radius 2 is 1.67 bits per heavy atom. The number of hydrogen-bond donors (Lipinski definition) is 1. The molecule has 0 saturated carbocycles. The molecule has 36 heavy (non-hydrogen) atoms. The molecule has 0 atom stereocenters. The van der Waals surface area contributed by atoms with Crippen LogP contribution in [0.15, 0.2) is 90.2 Å². The van der Waals surface area contributed by atoms with Crippen molar-refractivity contribution in [2.45, 2.75) is 6.92 Å². The first-order valence-electron chi connectivity index (χ1n) is 11.0. The minimum Gasteiger partial charge on any atom is -0.460 e. The molecule has 0 fully saturated rings. The Kier molecular flexibility index (Phi) is 5.63. The van der Waals surface area contributed by atoms with E-state index in [1.807, 2.05) is 35.7 Å². The average Bonchev–Trinajstić information content (AvgIpc) is 3.35. The van der Waals surface area contributed by atoms with Crippen molar-refractivity contribution in [1.29, 1.82) is 5.41 Å². The fraction of sp³-hybridized carbons (Fsp3) is 0.0357. The van der Waals surface area contributed by atoms with Gasteiger partial charge in [-0.05, 0) is 55.0 Å². The summed E-state index contributed by atoms with van der Waals surface area (Å²) in [7, 11) is 0. The normalized spacial score (nSPS) is 11.4. The lowest BCUT2D eigenvalue weighted by molar-refractivity contribution is 0.533. The number of halogens is 2. The Balaban J connectivity index is 1.53. The molecule has 0 radical (unpaired) electrons. The van der Waals surface area contributed by atoms with Crippen molar-refractivity contribution in [3.05, 3.63) is 103 Å². The zero-order valence-electron chi connectivity index (χ0n) is 18.8. The van der Waals surface area contributed by atoms with Crippen LogP contribution in [0.25, 0.3) is 54.9 Å². The molecule has 8 heteroatoms. The minimum atomic E-state index is -0.138. The number of nitrogens with zero attached hydrogens (tertiary/aromatic N) is 1. The van der Waals surface area contributed by atoms with Gasteiger partial charge in [-0.3, -0.25) is 10.2 Å². The first-order valence-corrected chi connectivity index (χ1v) is 13.0. The van der Waals surface area contributed by atoms with Crippen LogP contribution in [0.5, 0.6) is 0 Å². The quantitative estimate of drug-likeness (QED) is 0.216. The van der Waals surface area contributed by atoms with Gasteiger partial charge in [0.25, 0.3) is 0 Å². The summed E-state index contributed by atoms with van der Waals surface area (Å²) < 4.78 is 13.0. The van der Waals surface area contributed by atoms with Crippen LogP contribution in [0.2, 0.25) is 5.02 Å². The van der Waals surface area contributed by atoms with Gasteiger partial charge in [0, 0.05) is 20.4 Å². The van der Waals surface area contributed by atoms with Gasteiger partial charge in [0.05, 0.1) is 27.6 Å². The third kappa shape index (κ3) is 3.89. The maximum atomic E-state index is 13.5. The largest absolute Gasteiger partial charge is 0.460 e. The number of rotatable bonds is 3.